The van der Waals surface area contributed by atoms with Gasteiger partial charge in [0.15, 0.2) is 0 Å². The predicted octanol–water partition coefficient (Wildman–Crippen LogP) is 2.41. The van der Waals surface area contributed by atoms with Crippen molar-refractivity contribution >= 4 is 20.9 Å². The number of benzene rings is 2. The first-order chi connectivity index (χ1) is 9.36. The van der Waals surface area contributed by atoms with Gasteiger partial charge in [0.05, 0.1) is 0 Å². The molecule has 0 aliphatic rings. The van der Waals surface area contributed by atoms with E-state index in [1.807, 2.05) is 60.7 Å². The lowest BCUT2D eigenvalue weighted by atomic mass is 10.2. The normalized spacial score (nSPS) is 11.2. The maximum atomic E-state index is 12.0. The van der Waals surface area contributed by atoms with Crippen molar-refractivity contribution < 1.29 is 23.8 Å². The van der Waals surface area contributed by atoms with Crippen molar-refractivity contribution in [2.24, 2.45) is 0 Å². The van der Waals surface area contributed by atoms with E-state index in [2.05, 4.69) is 0 Å². The summed E-state index contributed by atoms with van der Waals surface area (Å²) >= 11 is 0. The fraction of sp³-hybridized carbons (Fsp3) is 0.0769. The molecule has 1 radical (unpaired) electrons. The molecule has 0 spiro atoms. The summed E-state index contributed by atoms with van der Waals surface area (Å²) in [5.74, 6) is 0. The summed E-state index contributed by atoms with van der Waals surface area (Å²) in [5, 5.41) is 0.927. The lowest BCUT2D eigenvalue weighted by Crippen LogP contribution is -1.95. The van der Waals surface area contributed by atoms with Gasteiger partial charge in [0, 0.05) is 11.5 Å². The van der Waals surface area contributed by atoms with E-state index in [9.17, 15) is 4.57 Å². The molecule has 0 aromatic heterocycles. The quantitative estimate of drug-likeness (QED) is 0.756. The second-order valence-electron chi connectivity index (χ2n) is 3.87. The molecule has 0 bridgehead atoms. The molecule has 7 heteroatoms. The van der Waals surface area contributed by atoms with E-state index in [-0.39, 0.29) is 0 Å². The van der Waals surface area contributed by atoms with E-state index in [1.165, 1.54) is 0 Å². The van der Waals surface area contributed by atoms with Crippen LogP contribution in [0.1, 0.15) is 5.56 Å². The average Bonchev–Trinajstić information content (AvgIpc) is 2.39. The van der Waals surface area contributed by atoms with Crippen molar-refractivity contribution in [1.82, 2.24) is 0 Å². The van der Waals surface area contributed by atoms with E-state index in [0.717, 1.165) is 10.9 Å². The molecule has 1 atom stereocenters. The molecule has 3 N–H and O–H groups in total. The van der Waals surface area contributed by atoms with Crippen LogP contribution < -0.4 is 5.30 Å². The molecule has 5 nitrogen and oxygen atoms in total. The Morgan fingerprint density at radius 1 is 0.850 bits per heavy atom. The van der Waals surface area contributed by atoms with E-state index in [1.54, 1.807) is 0 Å². The average molecular weight is 313 g/mol. The number of rotatable bonds is 3. The zero-order valence-electron chi connectivity index (χ0n) is 10.5. The minimum Gasteiger partial charge on any atom is -0.303 e. The minimum atomic E-state index is -4.64. The van der Waals surface area contributed by atoms with Crippen molar-refractivity contribution in [3.63, 3.8) is 0 Å². The zero-order chi connectivity index (χ0) is 15.0. The SMILES string of the molecule is O=P(O)(O)O.O=[P](Cc1ccccc1)c1ccccc1. The summed E-state index contributed by atoms with van der Waals surface area (Å²) in [6.45, 7) is 0. The maximum absolute atomic E-state index is 12.0. The van der Waals surface area contributed by atoms with Gasteiger partial charge in [-0.25, -0.2) is 4.57 Å². The molecule has 0 fully saturated rings. The summed E-state index contributed by atoms with van der Waals surface area (Å²) in [4.78, 5) is 21.6. The minimum absolute atomic E-state index is 0.625. The van der Waals surface area contributed by atoms with Gasteiger partial charge in [-0.1, -0.05) is 48.5 Å². The molecule has 2 aromatic carbocycles. The highest BCUT2D eigenvalue weighted by Gasteiger charge is 2.04. The molecule has 0 heterocycles. The van der Waals surface area contributed by atoms with Gasteiger partial charge in [-0.05, 0) is 17.7 Å². The van der Waals surface area contributed by atoms with Crippen molar-refractivity contribution in [3.8, 4) is 0 Å². The Bertz CT molecular complexity index is 572. The standard InChI is InChI=1S/C13H12OP.H3O4P/c14-15(13-9-5-2-6-10-13)11-12-7-3-1-4-8-12;1-5(2,3)4/h1-10H,11H2;(H3,1,2,3,4). The third-order valence-electron chi connectivity index (χ3n) is 2.21. The number of hydrogen-bond acceptors (Lipinski definition) is 2. The topological polar surface area (TPSA) is 94.8 Å². The van der Waals surface area contributed by atoms with E-state index >= 15 is 0 Å². The largest absolute Gasteiger partial charge is 0.466 e. The number of phosphoric acid groups is 1. The molecular weight excluding hydrogens is 298 g/mol. The summed E-state index contributed by atoms with van der Waals surface area (Å²) in [7, 11) is -5.94. The van der Waals surface area contributed by atoms with Gasteiger partial charge in [-0.2, -0.15) is 0 Å². The van der Waals surface area contributed by atoms with Crippen LogP contribution in [0.4, 0.5) is 0 Å². The highest BCUT2D eigenvalue weighted by atomic mass is 31.2. The summed E-state index contributed by atoms with van der Waals surface area (Å²) in [6.07, 6.45) is 0.625. The van der Waals surface area contributed by atoms with Gasteiger partial charge in [-0.15, -0.1) is 0 Å². The Morgan fingerprint density at radius 3 is 1.70 bits per heavy atom. The summed E-state index contributed by atoms with van der Waals surface area (Å²) in [5.41, 5.74) is 1.13. The third kappa shape index (κ3) is 7.95. The zero-order valence-corrected chi connectivity index (χ0v) is 12.3. The van der Waals surface area contributed by atoms with Gasteiger partial charge in [0.2, 0.25) is 0 Å². The molecule has 2 aromatic rings. The van der Waals surface area contributed by atoms with Crippen LogP contribution in [-0.4, -0.2) is 14.7 Å². The maximum Gasteiger partial charge on any atom is 0.466 e. The fourth-order valence-electron chi connectivity index (χ4n) is 1.43. The van der Waals surface area contributed by atoms with Crippen molar-refractivity contribution in [2.45, 2.75) is 6.16 Å². The Morgan fingerprint density at radius 2 is 1.25 bits per heavy atom. The Balaban J connectivity index is 0.000000347. The van der Waals surface area contributed by atoms with Crippen LogP contribution in [0.2, 0.25) is 0 Å². The van der Waals surface area contributed by atoms with E-state index in [0.29, 0.717) is 6.16 Å². The molecule has 1 unspecified atom stereocenters. The van der Waals surface area contributed by atoms with Gasteiger partial charge in [-0.3, -0.25) is 4.57 Å². The molecule has 2 rings (SSSR count). The molecule has 0 aliphatic carbocycles. The van der Waals surface area contributed by atoms with Gasteiger partial charge in [0.1, 0.15) is 7.80 Å². The van der Waals surface area contributed by atoms with Crippen molar-refractivity contribution in [2.75, 3.05) is 0 Å². The third-order valence-corrected chi connectivity index (χ3v) is 3.74. The molecule has 0 aliphatic heterocycles. The summed E-state index contributed by atoms with van der Waals surface area (Å²) < 4.78 is 20.8. The van der Waals surface area contributed by atoms with E-state index < -0.39 is 15.6 Å². The molecule has 0 saturated heterocycles. The van der Waals surface area contributed by atoms with Crippen LogP contribution in [0.25, 0.3) is 0 Å². The van der Waals surface area contributed by atoms with Crippen LogP contribution in [0.3, 0.4) is 0 Å². The van der Waals surface area contributed by atoms with Crippen LogP contribution >= 0.6 is 15.6 Å². The monoisotopic (exact) mass is 313 g/mol. The second kappa shape index (κ2) is 8.05. The second-order valence-corrected chi connectivity index (χ2v) is 6.49. The smallest absolute Gasteiger partial charge is 0.303 e. The Kier molecular flexibility index (Phi) is 6.73. The van der Waals surface area contributed by atoms with Crippen LogP contribution in [0.15, 0.2) is 60.7 Å². The van der Waals surface area contributed by atoms with Crippen LogP contribution in [0, 0.1) is 0 Å². The predicted molar refractivity (Wildman–Crippen MR) is 78.1 cm³/mol. The van der Waals surface area contributed by atoms with Gasteiger partial charge < -0.3 is 14.7 Å². The molecule has 0 amide bonds. The van der Waals surface area contributed by atoms with E-state index in [4.69, 9.17) is 19.2 Å². The Labute approximate surface area is 117 Å². The van der Waals surface area contributed by atoms with Crippen molar-refractivity contribution in [3.05, 3.63) is 66.2 Å². The lowest BCUT2D eigenvalue weighted by Gasteiger charge is -2.01. The first kappa shape index (κ1) is 16.7. The van der Waals surface area contributed by atoms with Gasteiger partial charge >= 0.3 is 7.82 Å². The molecule has 107 valence electrons. The van der Waals surface area contributed by atoms with Gasteiger partial charge in [0.25, 0.3) is 0 Å². The molecule has 0 saturated carbocycles. The first-order valence-electron chi connectivity index (χ1n) is 5.68. The highest BCUT2D eigenvalue weighted by Crippen LogP contribution is 2.26. The fourth-order valence-corrected chi connectivity index (χ4v) is 2.66. The molecule has 20 heavy (non-hydrogen) atoms. The van der Waals surface area contributed by atoms with Crippen LogP contribution in [0.5, 0.6) is 0 Å². The highest BCUT2D eigenvalue weighted by molar-refractivity contribution is 7.52. The van der Waals surface area contributed by atoms with Crippen molar-refractivity contribution in [1.29, 1.82) is 0 Å². The Hall–Kier alpha value is -1.35. The molecular formula is C13H15O5P2. The summed E-state index contributed by atoms with van der Waals surface area (Å²) in [6, 6.07) is 19.6. The number of hydrogen-bond donors (Lipinski definition) is 3. The lowest BCUT2D eigenvalue weighted by molar-refractivity contribution is 0.275. The van der Waals surface area contributed by atoms with Crippen LogP contribution in [-0.2, 0) is 15.3 Å². The first-order valence-corrected chi connectivity index (χ1v) is 8.69.